The van der Waals surface area contributed by atoms with Crippen molar-refractivity contribution in [2.45, 2.75) is 110 Å². The van der Waals surface area contributed by atoms with Crippen LogP contribution in [0.25, 0.3) is 0 Å². The summed E-state index contributed by atoms with van der Waals surface area (Å²) in [5.41, 5.74) is -0.171. The third kappa shape index (κ3) is 9.80. The lowest BCUT2D eigenvalue weighted by Crippen LogP contribution is -2.48. The van der Waals surface area contributed by atoms with E-state index >= 15 is 0 Å². The minimum Gasteiger partial charge on any atom is -0.343 e. The van der Waals surface area contributed by atoms with E-state index in [2.05, 4.69) is 6.92 Å². The van der Waals surface area contributed by atoms with Gasteiger partial charge in [-0.05, 0) is 52.2 Å². The Hall–Kier alpha value is -1.11. The van der Waals surface area contributed by atoms with Gasteiger partial charge in [0.1, 0.15) is 0 Å². The number of unbranched alkanes of at least 4 members (excludes halogenated alkanes) is 5. The Morgan fingerprint density at radius 3 is 2.00 bits per heavy atom. The van der Waals surface area contributed by atoms with Gasteiger partial charge in [-0.15, -0.1) is 0 Å². The number of hydrogen-bond acceptors (Lipinski definition) is 3. The zero-order valence-corrected chi connectivity index (χ0v) is 19.1. The molecule has 0 spiro atoms. The largest absolute Gasteiger partial charge is 0.416 e. The molecule has 0 aliphatic heterocycles. The number of rotatable bonds is 14. The van der Waals surface area contributed by atoms with Crippen molar-refractivity contribution < 1.29 is 27.8 Å². The normalized spacial score (nSPS) is 14.0. The Kier molecular flexibility index (Phi) is 11.4. The topological polar surface area (TPSA) is 38.7 Å². The summed E-state index contributed by atoms with van der Waals surface area (Å²) in [6, 6.07) is 5.29. The first-order valence-corrected chi connectivity index (χ1v) is 11.2. The number of hydrogen-bond donors (Lipinski definition) is 1. The fourth-order valence-corrected chi connectivity index (χ4v) is 3.64. The molecular formula is C24H39F3O3. The van der Waals surface area contributed by atoms with Crippen molar-refractivity contribution in [2.24, 2.45) is 5.92 Å². The molecule has 0 bridgehead atoms. The summed E-state index contributed by atoms with van der Waals surface area (Å²) in [4.78, 5) is 0. The summed E-state index contributed by atoms with van der Waals surface area (Å²) in [5, 5.41) is 11.3. The van der Waals surface area contributed by atoms with Crippen LogP contribution in [0.15, 0.2) is 24.3 Å². The van der Waals surface area contributed by atoms with Crippen LogP contribution in [-0.4, -0.2) is 23.3 Å². The zero-order valence-electron chi connectivity index (χ0n) is 19.1. The highest BCUT2D eigenvalue weighted by Crippen LogP contribution is 2.34. The van der Waals surface area contributed by atoms with Gasteiger partial charge in [-0.25, -0.2) is 0 Å². The van der Waals surface area contributed by atoms with Gasteiger partial charge in [0, 0.05) is 5.92 Å². The van der Waals surface area contributed by atoms with Crippen molar-refractivity contribution in [2.75, 3.05) is 0 Å². The number of halogens is 3. The fourth-order valence-electron chi connectivity index (χ4n) is 3.64. The van der Waals surface area contributed by atoms with Gasteiger partial charge in [0.15, 0.2) is 0 Å². The van der Waals surface area contributed by atoms with Crippen molar-refractivity contribution in [3.05, 3.63) is 35.4 Å². The van der Waals surface area contributed by atoms with Crippen LogP contribution in [-0.2, 0) is 22.1 Å². The maximum atomic E-state index is 13.1. The number of alkyl halides is 3. The fraction of sp³-hybridized carbons (Fsp3) is 0.750. The van der Waals surface area contributed by atoms with Crippen LogP contribution in [0.2, 0.25) is 0 Å². The number of benzene rings is 1. The lowest BCUT2D eigenvalue weighted by atomic mass is 9.90. The minimum absolute atomic E-state index is 0.245. The predicted molar refractivity (Wildman–Crippen MR) is 114 cm³/mol. The lowest BCUT2D eigenvalue weighted by Gasteiger charge is -2.38. The molecule has 174 valence electrons. The van der Waals surface area contributed by atoms with E-state index < -0.39 is 23.6 Å². The molecule has 0 fully saturated rings. The molecule has 0 aliphatic carbocycles. The van der Waals surface area contributed by atoms with E-state index in [-0.39, 0.29) is 18.6 Å². The van der Waals surface area contributed by atoms with Crippen LogP contribution in [0.1, 0.15) is 90.7 Å². The number of ether oxygens (including phenoxy) is 2. The Morgan fingerprint density at radius 2 is 1.47 bits per heavy atom. The van der Waals surface area contributed by atoms with Crippen LogP contribution >= 0.6 is 0 Å². The standard InChI is InChI=1S/C24H39F3O3/c1-6-7-8-9-10-11-14-22(24(28,29-18(2)3)30-19(4)5)17-20-13-12-15-21(16-20)23(25,26)27/h12-13,15-16,18-19,22,28H,6-11,14,17H2,1-5H3. The first-order valence-electron chi connectivity index (χ1n) is 11.2. The molecule has 6 heteroatoms. The molecule has 0 radical (unpaired) electrons. The highest BCUT2D eigenvalue weighted by atomic mass is 19.4. The van der Waals surface area contributed by atoms with Gasteiger partial charge in [-0.2, -0.15) is 13.2 Å². The van der Waals surface area contributed by atoms with Crippen molar-refractivity contribution >= 4 is 0 Å². The second-order valence-corrected chi connectivity index (χ2v) is 8.62. The van der Waals surface area contributed by atoms with E-state index in [4.69, 9.17) is 9.47 Å². The highest BCUT2D eigenvalue weighted by molar-refractivity contribution is 5.26. The average Bonchev–Trinajstić information content (AvgIpc) is 2.61. The molecule has 1 aromatic carbocycles. The van der Waals surface area contributed by atoms with Gasteiger partial charge < -0.3 is 14.6 Å². The number of aliphatic hydroxyl groups is 1. The van der Waals surface area contributed by atoms with E-state index in [1.54, 1.807) is 33.8 Å². The Balaban J connectivity index is 3.03. The molecule has 3 nitrogen and oxygen atoms in total. The van der Waals surface area contributed by atoms with E-state index in [0.29, 0.717) is 12.0 Å². The lowest BCUT2D eigenvalue weighted by molar-refractivity contribution is -0.407. The van der Waals surface area contributed by atoms with Crippen molar-refractivity contribution in [1.82, 2.24) is 0 Å². The molecule has 1 unspecified atom stereocenters. The van der Waals surface area contributed by atoms with Gasteiger partial charge in [0.25, 0.3) is 5.97 Å². The zero-order chi connectivity index (χ0) is 22.8. The van der Waals surface area contributed by atoms with Gasteiger partial charge in [-0.3, -0.25) is 0 Å². The van der Waals surface area contributed by atoms with E-state index in [1.165, 1.54) is 25.3 Å². The van der Waals surface area contributed by atoms with Crippen LogP contribution in [0.3, 0.4) is 0 Å². The van der Waals surface area contributed by atoms with Gasteiger partial charge >= 0.3 is 6.18 Å². The molecule has 0 heterocycles. The third-order valence-corrected chi connectivity index (χ3v) is 4.97. The molecule has 1 rings (SSSR count). The summed E-state index contributed by atoms with van der Waals surface area (Å²) < 4.78 is 51.0. The van der Waals surface area contributed by atoms with Crippen LogP contribution in [0.5, 0.6) is 0 Å². The summed E-state index contributed by atoms with van der Waals surface area (Å²) in [7, 11) is 0. The maximum absolute atomic E-state index is 13.1. The predicted octanol–water partition coefficient (Wildman–Crippen LogP) is 7.11. The molecule has 0 saturated heterocycles. The Labute approximate surface area is 180 Å². The molecular weight excluding hydrogens is 393 g/mol. The molecule has 0 aliphatic rings. The van der Waals surface area contributed by atoms with Crippen molar-refractivity contribution in [3.63, 3.8) is 0 Å². The molecule has 1 aromatic rings. The first-order chi connectivity index (χ1) is 14.0. The summed E-state index contributed by atoms with van der Waals surface area (Å²) in [6.07, 6.45) is 2.40. The second-order valence-electron chi connectivity index (χ2n) is 8.62. The van der Waals surface area contributed by atoms with E-state index in [9.17, 15) is 18.3 Å². The third-order valence-electron chi connectivity index (χ3n) is 4.97. The smallest absolute Gasteiger partial charge is 0.343 e. The van der Waals surface area contributed by atoms with Crippen LogP contribution in [0, 0.1) is 5.92 Å². The van der Waals surface area contributed by atoms with Gasteiger partial charge in [-0.1, -0.05) is 63.6 Å². The maximum Gasteiger partial charge on any atom is 0.416 e. The van der Waals surface area contributed by atoms with Crippen molar-refractivity contribution in [3.8, 4) is 0 Å². The van der Waals surface area contributed by atoms with Gasteiger partial charge in [0.2, 0.25) is 0 Å². The quantitative estimate of drug-likeness (QED) is 0.251. The second kappa shape index (κ2) is 12.7. The summed E-state index contributed by atoms with van der Waals surface area (Å²) in [6.45, 7) is 9.39. The minimum atomic E-state index is -4.40. The average molecular weight is 433 g/mol. The molecule has 0 aromatic heterocycles. The molecule has 30 heavy (non-hydrogen) atoms. The molecule has 0 saturated carbocycles. The Bertz CT molecular complexity index is 590. The molecule has 1 N–H and O–H groups in total. The highest BCUT2D eigenvalue weighted by Gasteiger charge is 2.41. The summed E-state index contributed by atoms with van der Waals surface area (Å²) in [5.74, 6) is -2.32. The van der Waals surface area contributed by atoms with Gasteiger partial charge in [0.05, 0.1) is 17.8 Å². The molecule has 1 atom stereocenters. The van der Waals surface area contributed by atoms with Crippen molar-refractivity contribution in [1.29, 1.82) is 0 Å². The summed E-state index contributed by atoms with van der Waals surface area (Å²) >= 11 is 0. The first kappa shape index (κ1) is 26.9. The van der Waals surface area contributed by atoms with Crippen LogP contribution in [0.4, 0.5) is 13.2 Å². The van der Waals surface area contributed by atoms with Crippen LogP contribution < -0.4 is 0 Å². The van der Waals surface area contributed by atoms with E-state index in [0.717, 1.165) is 31.4 Å². The Morgan fingerprint density at radius 1 is 0.900 bits per heavy atom. The molecule has 0 amide bonds. The monoisotopic (exact) mass is 432 g/mol. The van der Waals surface area contributed by atoms with E-state index in [1.807, 2.05) is 0 Å². The SMILES string of the molecule is CCCCCCCCC(Cc1cccc(C(F)(F)F)c1)C(O)(OC(C)C)OC(C)C.